The molecule has 92 valence electrons. The molecule has 1 aromatic carbocycles. The van der Waals surface area contributed by atoms with Gasteiger partial charge in [-0.2, -0.15) is 0 Å². The zero-order valence-electron chi connectivity index (χ0n) is 10.5. The Balaban J connectivity index is 1.91. The van der Waals surface area contributed by atoms with Crippen LogP contribution in [0, 0.1) is 6.92 Å². The first-order chi connectivity index (χ1) is 8.09. The summed E-state index contributed by atoms with van der Waals surface area (Å²) >= 11 is 0. The van der Waals surface area contributed by atoms with Crippen LogP contribution in [0.3, 0.4) is 0 Å². The molecule has 0 aromatic heterocycles. The van der Waals surface area contributed by atoms with Gasteiger partial charge in [-0.3, -0.25) is 4.79 Å². The smallest absolute Gasteiger partial charge is 0.251 e. The first-order valence-electron chi connectivity index (χ1n) is 6.19. The summed E-state index contributed by atoms with van der Waals surface area (Å²) in [6.07, 6.45) is 2.32. The molecule has 0 aliphatic carbocycles. The molecule has 2 N–H and O–H groups in total. The number of amides is 1. The number of carbonyl (C=O) groups excluding carboxylic acids is 1. The van der Waals surface area contributed by atoms with E-state index in [1.165, 1.54) is 12.0 Å². The van der Waals surface area contributed by atoms with E-state index < -0.39 is 0 Å². The lowest BCUT2D eigenvalue weighted by Crippen LogP contribution is -2.47. The third-order valence-corrected chi connectivity index (χ3v) is 3.41. The lowest BCUT2D eigenvalue weighted by molar-refractivity contribution is 0.0942. The quantitative estimate of drug-likeness (QED) is 0.835. The average molecular weight is 232 g/mol. The van der Waals surface area contributed by atoms with Gasteiger partial charge in [-0.05, 0) is 45.4 Å². The summed E-state index contributed by atoms with van der Waals surface area (Å²) in [7, 11) is 0. The van der Waals surface area contributed by atoms with E-state index >= 15 is 0 Å². The van der Waals surface area contributed by atoms with Crippen molar-refractivity contribution in [1.82, 2.24) is 10.6 Å². The van der Waals surface area contributed by atoms with Crippen molar-refractivity contribution in [2.45, 2.75) is 32.2 Å². The van der Waals surface area contributed by atoms with Gasteiger partial charge in [-0.15, -0.1) is 0 Å². The van der Waals surface area contributed by atoms with Crippen molar-refractivity contribution in [1.29, 1.82) is 0 Å². The standard InChI is InChI=1S/C14H20N2O/c1-11-4-6-12(7-5-11)13(17)15-10-14(2)8-3-9-16-14/h4-7,16H,3,8-10H2,1-2H3,(H,15,17). The topological polar surface area (TPSA) is 41.1 Å². The number of hydrogen-bond acceptors (Lipinski definition) is 2. The van der Waals surface area contributed by atoms with Crippen LogP contribution < -0.4 is 10.6 Å². The van der Waals surface area contributed by atoms with Gasteiger partial charge in [-0.25, -0.2) is 0 Å². The molecular formula is C14H20N2O. The van der Waals surface area contributed by atoms with E-state index in [9.17, 15) is 4.79 Å². The van der Waals surface area contributed by atoms with Gasteiger partial charge < -0.3 is 10.6 Å². The minimum Gasteiger partial charge on any atom is -0.350 e. The fourth-order valence-corrected chi connectivity index (χ4v) is 2.19. The van der Waals surface area contributed by atoms with Crippen molar-refractivity contribution in [2.75, 3.05) is 13.1 Å². The van der Waals surface area contributed by atoms with Crippen molar-refractivity contribution in [3.05, 3.63) is 35.4 Å². The molecule has 2 rings (SSSR count). The first kappa shape index (κ1) is 12.1. The maximum Gasteiger partial charge on any atom is 0.251 e. The number of nitrogens with one attached hydrogen (secondary N) is 2. The molecule has 1 atom stereocenters. The third-order valence-electron chi connectivity index (χ3n) is 3.41. The molecule has 1 saturated heterocycles. The second kappa shape index (κ2) is 4.88. The highest BCUT2D eigenvalue weighted by molar-refractivity contribution is 5.94. The van der Waals surface area contributed by atoms with Crippen LogP contribution in [0.2, 0.25) is 0 Å². The fraction of sp³-hybridized carbons (Fsp3) is 0.500. The van der Waals surface area contributed by atoms with Gasteiger partial charge in [0.1, 0.15) is 0 Å². The fourth-order valence-electron chi connectivity index (χ4n) is 2.19. The van der Waals surface area contributed by atoms with Gasteiger partial charge in [-0.1, -0.05) is 17.7 Å². The summed E-state index contributed by atoms with van der Waals surface area (Å²) in [5, 5.41) is 6.43. The zero-order chi connectivity index (χ0) is 12.3. The SMILES string of the molecule is Cc1ccc(C(=O)NCC2(C)CCCN2)cc1. The van der Waals surface area contributed by atoms with Crippen LogP contribution in [0.15, 0.2) is 24.3 Å². The highest BCUT2D eigenvalue weighted by Crippen LogP contribution is 2.17. The minimum absolute atomic E-state index is 0.0138. The molecule has 1 aliphatic heterocycles. The highest BCUT2D eigenvalue weighted by atomic mass is 16.1. The molecule has 1 aliphatic rings. The summed E-state index contributed by atoms with van der Waals surface area (Å²) in [5.41, 5.74) is 1.98. The number of aryl methyl sites for hydroxylation is 1. The summed E-state index contributed by atoms with van der Waals surface area (Å²) < 4.78 is 0. The van der Waals surface area contributed by atoms with Crippen LogP contribution in [0.25, 0.3) is 0 Å². The molecule has 1 aromatic rings. The zero-order valence-corrected chi connectivity index (χ0v) is 10.5. The van der Waals surface area contributed by atoms with Crippen molar-refractivity contribution < 1.29 is 4.79 Å². The molecule has 0 radical (unpaired) electrons. The predicted octanol–water partition coefficient (Wildman–Crippen LogP) is 1.87. The Labute approximate surface area is 103 Å². The van der Waals surface area contributed by atoms with E-state index in [4.69, 9.17) is 0 Å². The van der Waals surface area contributed by atoms with Crippen LogP contribution in [0.4, 0.5) is 0 Å². The Morgan fingerprint density at radius 1 is 1.41 bits per heavy atom. The van der Waals surface area contributed by atoms with E-state index in [1.54, 1.807) is 0 Å². The monoisotopic (exact) mass is 232 g/mol. The summed E-state index contributed by atoms with van der Waals surface area (Å²) in [6, 6.07) is 7.67. The molecule has 1 amide bonds. The van der Waals surface area contributed by atoms with Crippen LogP contribution in [0.5, 0.6) is 0 Å². The normalized spacial score (nSPS) is 23.6. The van der Waals surface area contributed by atoms with Gasteiger partial charge in [0.25, 0.3) is 5.91 Å². The van der Waals surface area contributed by atoms with Gasteiger partial charge in [0, 0.05) is 17.6 Å². The molecule has 1 unspecified atom stereocenters. The molecule has 3 nitrogen and oxygen atoms in total. The highest BCUT2D eigenvalue weighted by Gasteiger charge is 2.28. The first-order valence-corrected chi connectivity index (χ1v) is 6.19. The van der Waals surface area contributed by atoms with E-state index in [0.717, 1.165) is 18.5 Å². The lowest BCUT2D eigenvalue weighted by atomic mass is 10.0. The third kappa shape index (κ3) is 3.07. The minimum atomic E-state index is 0.0138. The number of hydrogen-bond donors (Lipinski definition) is 2. The summed E-state index contributed by atoms with van der Waals surface area (Å²) in [6.45, 7) is 5.93. The predicted molar refractivity (Wildman–Crippen MR) is 69.2 cm³/mol. The molecule has 0 spiro atoms. The van der Waals surface area contributed by atoms with Crippen molar-refractivity contribution in [2.24, 2.45) is 0 Å². The molecule has 1 heterocycles. The summed E-state index contributed by atoms with van der Waals surface area (Å²) in [5.74, 6) is 0.0138. The Morgan fingerprint density at radius 2 is 2.12 bits per heavy atom. The maximum atomic E-state index is 11.9. The largest absolute Gasteiger partial charge is 0.350 e. The van der Waals surface area contributed by atoms with Crippen molar-refractivity contribution in [3.8, 4) is 0 Å². The number of benzene rings is 1. The summed E-state index contributed by atoms with van der Waals surface area (Å²) in [4.78, 5) is 11.9. The Kier molecular flexibility index (Phi) is 3.48. The molecule has 17 heavy (non-hydrogen) atoms. The van der Waals surface area contributed by atoms with E-state index in [1.807, 2.05) is 31.2 Å². The Hall–Kier alpha value is -1.35. The second-order valence-electron chi connectivity index (χ2n) is 5.14. The van der Waals surface area contributed by atoms with E-state index in [-0.39, 0.29) is 11.4 Å². The Morgan fingerprint density at radius 3 is 2.71 bits per heavy atom. The molecule has 3 heteroatoms. The number of rotatable bonds is 3. The van der Waals surface area contributed by atoms with Crippen LogP contribution in [-0.2, 0) is 0 Å². The van der Waals surface area contributed by atoms with Gasteiger partial charge in [0.15, 0.2) is 0 Å². The van der Waals surface area contributed by atoms with Crippen molar-refractivity contribution >= 4 is 5.91 Å². The van der Waals surface area contributed by atoms with E-state index in [2.05, 4.69) is 17.6 Å². The van der Waals surface area contributed by atoms with Crippen LogP contribution >= 0.6 is 0 Å². The molecule has 0 saturated carbocycles. The lowest BCUT2D eigenvalue weighted by Gasteiger charge is -2.24. The van der Waals surface area contributed by atoms with Crippen LogP contribution in [-0.4, -0.2) is 24.5 Å². The van der Waals surface area contributed by atoms with Gasteiger partial charge >= 0.3 is 0 Å². The van der Waals surface area contributed by atoms with Gasteiger partial charge in [0.2, 0.25) is 0 Å². The van der Waals surface area contributed by atoms with Gasteiger partial charge in [0.05, 0.1) is 0 Å². The number of carbonyl (C=O) groups is 1. The molecular weight excluding hydrogens is 212 g/mol. The second-order valence-corrected chi connectivity index (χ2v) is 5.14. The molecule has 0 bridgehead atoms. The van der Waals surface area contributed by atoms with E-state index in [0.29, 0.717) is 6.54 Å². The van der Waals surface area contributed by atoms with Crippen molar-refractivity contribution in [3.63, 3.8) is 0 Å². The Bertz CT molecular complexity index is 391. The average Bonchev–Trinajstić information content (AvgIpc) is 2.75. The maximum absolute atomic E-state index is 11.9. The van der Waals surface area contributed by atoms with Crippen LogP contribution in [0.1, 0.15) is 35.7 Å². The molecule has 1 fully saturated rings.